The van der Waals surface area contributed by atoms with Gasteiger partial charge in [0.05, 0.1) is 17.7 Å². The molecule has 0 bridgehead atoms. The third-order valence-electron chi connectivity index (χ3n) is 5.99. The van der Waals surface area contributed by atoms with Crippen LogP contribution in [0, 0.1) is 6.92 Å². The number of aromatic nitrogens is 1. The Bertz CT molecular complexity index is 1210. The van der Waals surface area contributed by atoms with Crippen molar-refractivity contribution in [3.8, 4) is 11.1 Å². The van der Waals surface area contributed by atoms with Crippen LogP contribution in [0.5, 0.6) is 0 Å². The van der Waals surface area contributed by atoms with Gasteiger partial charge in [0.15, 0.2) is 6.29 Å². The highest BCUT2D eigenvalue weighted by Gasteiger charge is 2.20. The first-order chi connectivity index (χ1) is 15.9. The van der Waals surface area contributed by atoms with Gasteiger partial charge in [-0.25, -0.2) is 0 Å². The van der Waals surface area contributed by atoms with E-state index >= 15 is 0 Å². The van der Waals surface area contributed by atoms with Crippen molar-refractivity contribution in [2.45, 2.75) is 19.9 Å². The molecule has 1 aromatic heterocycles. The van der Waals surface area contributed by atoms with E-state index in [0.29, 0.717) is 37.1 Å². The van der Waals surface area contributed by atoms with Gasteiger partial charge < -0.3 is 20.1 Å². The van der Waals surface area contributed by atoms with Crippen LogP contribution in [0.15, 0.2) is 48.5 Å². The second-order valence-corrected chi connectivity index (χ2v) is 8.62. The number of anilines is 1. The Hall–Kier alpha value is -3.71. The van der Waals surface area contributed by atoms with Gasteiger partial charge in [-0.15, -0.1) is 0 Å². The molecule has 4 rings (SSSR count). The number of nitrogens with zero attached hydrogens (tertiary/aromatic N) is 2. The molecule has 2 aromatic carbocycles. The van der Waals surface area contributed by atoms with Crippen LogP contribution in [0.1, 0.15) is 37.7 Å². The Morgan fingerprint density at radius 3 is 2.67 bits per heavy atom. The Morgan fingerprint density at radius 1 is 1.09 bits per heavy atom. The summed E-state index contributed by atoms with van der Waals surface area (Å²) < 4.78 is 0. The molecule has 1 aliphatic heterocycles. The fourth-order valence-corrected chi connectivity index (χ4v) is 4.21. The van der Waals surface area contributed by atoms with Gasteiger partial charge in [0.25, 0.3) is 5.91 Å². The molecule has 0 saturated carbocycles. The fraction of sp³-hybridized carbons (Fsp3) is 0.269. The van der Waals surface area contributed by atoms with Crippen LogP contribution in [0.2, 0.25) is 0 Å². The first-order valence-corrected chi connectivity index (χ1v) is 11.0. The molecule has 3 aromatic rings. The van der Waals surface area contributed by atoms with Gasteiger partial charge >= 0.3 is 0 Å². The van der Waals surface area contributed by atoms with E-state index < -0.39 is 0 Å². The van der Waals surface area contributed by atoms with Gasteiger partial charge in [0, 0.05) is 38.1 Å². The number of rotatable bonds is 8. The van der Waals surface area contributed by atoms with Crippen LogP contribution in [0.4, 0.5) is 5.69 Å². The third-order valence-corrected chi connectivity index (χ3v) is 5.99. The van der Waals surface area contributed by atoms with E-state index in [2.05, 4.69) is 33.4 Å². The molecule has 0 fully saturated rings. The highest BCUT2D eigenvalue weighted by atomic mass is 16.2. The van der Waals surface area contributed by atoms with Crippen molar-refractivity contribution < 1.29 is 14.4 Å². The number of benzene rings is 2. The van der Waals surface area contributed by atoms with Gasteiger partial charge in [-0.2, -0.15) is 0 Å². The molecule has 0 radical (unpaired) electrons. The van der Waals surface area contributed by atoms with Crippen LogP contribution < -0.4 is 5.32 Å². The molecule has 0 spiro atoms. The second kappa shape index (κ2) is 9.42. The maximum atomic E-state index is 12.8. The van der Waals surface area contributed by atoms with Gasteiger partial charge in [0.2, 0.25) is 5.91 Å². The molecule has 7 heteroatoms. The summed E-state index contributed by atoms with van der Waals surface area (Å²) in [5.41, 5.74) is 6.82. The molecule has 2 heterocycles. The maximum Gasteiger partial charge on any atom is 0.255 e. The number of nitrogens with one attached hydrogen (secondary N) is 2. The summed E-state index contributed by atoms with van der Waals surface area (Å²) in [6.07, 6.45) is 1.10. The first-order valence-electron chi connectivity index (χ1n) is 11.0. The number of carbonyl (C=O) groups is 3. The average Bonchev–Trinajstić information content (AvgIpc) is 3.37. The number of hydrogen-bond donors (Lipinski definition) is 2. The Kier molecular flexibility index (Phi) is 6.42. The lowest BCUT2D eigenvalue weighted by atomic mass is 9.97. The number of likely N-dealkylation sites (N-methyl/N-ethyl adjacent to an activating group) is 2. The monoisotopic (exact) mass is 444 g/mol. The molecule has 170 valence electrons. The van der Waals surface area contributed by atoms with Gasteiger partial charge in [-0.3, -0.25) is 14.4 Å². The van der Waals surface area contributed by atoms with Crippen LogP contribution in [-0.4, -0.2) is 60.1 Å². The highest BCUT2D eigenvalue weighted by molar-refractivity contribution is 6.01. The lowest BCUT2D eigenvalue weighted by Crippen LogP contribution is -2.34. The van der Waals surface area contributed by atoms with Gasteiger partial charge in [-0.05, 0) is 54.4 Å². The molecule has 33 heavy (non-hydrogen) atoms. The van der Waals surface area contributed by atoms with Crippen LogP contribution in [-0.2, 0) is 17.8 Å². The fourth-order valence-electron chi connectivity index (χ4n) is 4.21. The van der Waals surface area contributed by atoms with Crippen molar-refractivity contribution in [1.82, 2.24) is 14.8 Å². The molecular weight excluding hydrogens is 416 g/mol. The zero-order chi connectivity index (χ0) is 23.5. The van der Waals surface area contributed by atoms with E-state index in [1.165, 1.54) is 5.56 Å². The largest absolute Gasteiger partial charge is 0.356 e. The minimum Gasteiger partial charge on any atom is -0.356 e. The van der Waals surface area contributed by atoms with E-state index in [9.17, 15) is 14.4 Å². The SMILES string of the molecule is Cc1cc(C(=O)N(C)CCN(C)Cc2ccccc2-c2ccc3c(c2)CC(=O)N3)c(C=O)[nH]1. The summed E-state index contributed by atoms with van der Waals surface area (Å²) in [4.78, 5) is 42.4. The molecule has 2 N–H and O–H groups in total. The smallest absolute Gasteiger partial charge is 0.255 e. The van der Waals surface area contributed by atoms with Crippen molar-refractivity contribution >= 4 is 23.8 Å². The van der Waals surface area contributed by atoms with Crippen LogP contribution in [0.3, 0.4) is 0 Å². The van der Waals surface area contributed by atoms with Gasteiger partial charge in [-0.1, -0.05) is 30.3 Å². The summed E-state index contributed by atoms with van der Waals surface area (Å²) in [5.74, 6) is -0.138. The highest BCUT2D eigenvalue weighted by Crippen LogP contribution is 2.31. The number of aryl methyl sites for hydroxylation is 1. The van der Waals surface area contributed by atoms with Crippen molar-refractivity contribution in [2.75, 3.05) is 32.5 Å². The summed E-state index contributed by atoms with van der Waals surface area (Å²) in [6, 6.07) is 16.0. The minimum atomic E-state index is -0.170. The Labute approximate surface area is 193 Å². The minimum absolute atomic E-state index is 0.0314. The zero-order valence-corrected chi connectivity index (χ0v) is 19.1. The average molecular weight is 445 g/mol. The van der Waals surface area contributed by atoms with Gasteiger partial charge in [0.1, 0.15) is 0 Å². The standard InChI is InChI=1S/C26H28N4O3/c1-17-12-22(24(16-31)27-17)26(33)30(3)11-10-29(2)15-19-6-4-5-7-21(19)18-8-9-23-20(13-18)14-25(32)28-23/h4-9,12-13,16,27H,10-11,14-15H2,1-3H3,(H,28,32). The molecule has 7 nitrogen and oxygen atoms in total. The van der Waals surface area contributed by atoms with E-state index in [1.54, 1.807) is 18.0 Å². The first kappa shape index (κ1) is 22.5. The Morgan fingerprint density at radius 2 is 1.88 bits per heavy atom. The summed E-state index contributed by atoms with van der Waals surface area (Å²) in [5, 5.41) is 2.88. The van der Waals surface area contributed by atoms with E-state index in [1.807, 2.05) is 38.2 Å². The van der Waals surface area contributed by atoms with Crippen molar-refractivity contribution in [3.63, 3.8) is 0 Å². The number of fused-ring (bicyclic) bond motifs is 1. The third kappa shape index (κ3) is 4.88. The Balaban J connectivity index is 1.42. The number of carbonyl (C=O) groups excluding carboxylic acids is 3. The molecule has 0 atom stereocenters. The van der Waals surface area contributed by atoms with Crippen LogP contribution >= 0.6 is 0 Å². The summed E-state index contributed by atoms with van der Waals surface area (Å²) in [6.45, 7) is 3.76. The molecule has 0 unspecified atom stereocenters. The lowest BCUT2D eigenvalue weighted by Gasteiger charge is -2.23. The van der Waals surface area contributed by atoms with Crippen LogP contribution in [0.25, 0.3) is 11.1 Å². The number of aromatic amines is 1. The zero-order valence-electron chi connectivity index (χ0n) is 19.1. The van der Waals surface area contributed by atoms with E-state index in [4.69, 9.17) is 0 Å². The molecular formula is C26H28N4O3. The maximum absolute atomic E-state index is 12.8. The van der Waals surface area contributed by atoms with Crippen molar-refractivity contribution in [3.05, 3.63) is 76.6 Å². The normalized spacial score (nSPS) is 12.5. The number of hydrogen-bond acceptors (Lipinski definition) is 4. The summed E-state index contributed by atoms with van der Waals surface area (Å²) in [7, 11) is 3.78. The van der Waals surface area contributed by atoms with Crippen molar-refractivity contribution in [1.29, 1.82) is 0 Å². The number of aldehydes is 1. The second-order valence-electron chi connectivity index (χ2n) is 8.62. The molecule has 2 amide bonds. The predicted octanol–water partition coefficient (Wildman–Crippen LogP) is 3.50. The topological polar surface area (TPSA) is 85.5 Å². The molecule has 0 saturated heterocycles. The quantitative estimate of drug-likeness (QED) is 0.521. The van der Waals surface area contributed by atoms with E-state index in [-0.39, 0.29) is 11.8 Å². The van der Waals surface area contributed by atoms with E-state index in [0.717, 1.165) is 34.6 Å². The molecule has 1 aliphatic rings. The predicted molar refractivity (Wildman–Crippen MR) is 128 cm³/mol. The lowest BCUT2D eigenvalue weighted by molar-refractivity contribution is -0.115. The summed E-state index contributed by atoms with van der Waals surface area (Å²) >= 11 is 0. The molecule has 0 aliphatic carbocycles. The number of H-pyrrole nitrogens is 1. The number of amides is 2. The van der Waals surface area contributed by atoms with Crippen molar-refractivity contribution in [2.24, 2.45) is 0 Å².